The average molecular weight is 159 g/mol. The van der Waals surface area contributed by atoms with Crippen molar-refractivity contribution in [3.05, 3.63) is 0 Å². The number of hydrogen-bond donors (Lipinski definition) is 3. The molecule has 0 aliphatic rings. The molecule has 0 aliphatic heterocycles. The van der Waals surface area contributed by atoms with Crippen LogP contribution in [0.5, 0.6) is 0 Å². The molecule has 6 nitrogen and oxygen atoms in total. The Labute approximate surface area is 63.1 Å². The molecule has 4 N–H and O–H groups in total. The molecule has 0 unspecified atom stereocenters. The van der Waals surface area contributed by atoms with Crippen LogP contribution in [0.4, 0.5) is 4.79 Å². The molecule has 0 aromatic rings. The summed E-state index contributed by atoms with van der Waals surface area (Å²) in [5.41, 5.74) is 8.39. The third-order valence-electron chi connectivity index (χ3n) is 0.735. The Morgan fingerprint density at radius 1 is 1.27 bits per heavy atom. The lowest BCUT2D eigenvalue weighted by Gasteiger charge is -2.01. The summed E-state index contributed by atoms with van der Waals surface area (Å²) in [6.07, 6.45) is -0.264. The summed E-state index contributed by atoms with van der Waals surface area (Å²) in [5.74, 6) is -0.870. The molecule has 0 bridgehead atoms. The molecule has 0 saturated heterocycles. The molecule has 0 heterocycles. The highest BCUT2D eigenvalue weighted by Crippen LogP contribution is 1.78. The second kappa shape index (κ2) is 4.26. The van der Waals surface area contributed by atoms with Gasteiger partial charge in [-0.15, -0.1) is 0 Å². The topological polar surface area (TPSA) is 101 Å². The van der Waals surface area contributed by atoms with Crippen molar-refractivity contribution < 1.29 is 14.4 Å². The highest BCUT2D eigenvalue weighted by molar-refractivity contribution is 5.97. The van der Waals surface area contributed by atoms with Crippen LogP contribution in [-0.2, 0) is 9.59 Å². The highest BCUT2D eigenvalue weighted by atomic mass is 16.2. The SMILES string of the molecule is CC(=O)CC(=O)NNC(N)=O. The lowest BCUT2D eigenvalue weighted by Crippen LogP contribution is -2.44. The van der Waals surface area contributed by atoms with Crippen LogP contribution in [0.25, 0.3) is 0 Å². The van der Waals surface area contributed by atoms with E-state index in [0.29, 0.717) is 0 Å². The fraction of sp³-hybridized carbons (Fsp3) is 0.400. The van der Waals surface area contributed by atoms with Gasteiger partial charge in [-0.2, -0.15) is 0 Å². The van der Waals surface area contributed by atoms with Gasteiger partial charge in [0.2, 0.25) is 5.91 Å². The Hall–Kier alpha value is -1.59. The number of hydrogen-bond acceptors (Lipinski definition) is 3. The maximum atomic E-state index is 10.6. The van der Waals surface area contributed by atoms with E-state index in [9.17, 15) is 14.4 Å². The van der Waals surface area contributed by atoms with Crippen molar-refractivity contribution >= 4 is 17.7 Å². The van der Waals surface area contributed by atoms with Crippen molar-refractivity contribution in [3.8, 4) is 0 Å². The molecule has 0 atom stereocenters. The lowest BCUT2D eigenvalue weighted by molar-refractivity contribution is -0.127. The Kier molecular flexibility index (Phi) is 3.65. The van der Waals surface area contributed by atoms with E-state index < -0.39 is 11.9 Å². The van der Waals surface area contributed by atoms with Crippen LogP contribution in [0.3, 0.4) is 0 Å². The molecule has 62 valence electrons. The van der Waals surface area contributed by atoms with E-state index in [1.165, 1.54) is 6.92 Å². The lowest BCUT2D eigenvalue weighted by atomic mass is 10.3. The minimum Gasteiger partial charge on any atom is -0.350 e. The van der Waals surface area contributed by atoms with Crippen LogP contribution in [0.15, 0.2) is 0 Å². The summed E-state index contributed by atoms with van der Waals surface area (Å²) in [7, 11) is 0. The van der Waals surface area contributed by atoms with Gasteiger partial charge in [0.25, 0.3) is 0 Å². The van der Waals surface area contributed by atoms with E-state index >= 15 is 0 Å². The summed E-state index contributed by atoms with van der Waals surface area (Å²) < 4.78 is 0. The second-order valence-electron chi connectivity index (χ2n) is 1.92. The molecule has 0 rings (SSSR count). The Morgan fingerprint density at radius 3 is 2.18 bits per heavy atom. The molecule has 0 radical (unpaired) electrons. The number of rotatable bonds is 2. The number of urea groups is 1. The molecule has 11 heavy (non-hydrogen) atoms. The minimum absolute atomic E-state index is 0.264. The summed E-state index contributed by atoms with van der Waals surface area (Å²) in [6, 6.07) is -0.873. The molecule has 0 spiro atoms. The number of hydrazine groups is 1. The standard InChI is InChI=1S/C5H9N3O3/c1-3(9)2-4(10)7-8-5(6)11/h2H2,1H3,(H,7,10)(H3,6,8,11). The van der Waals surface area contributed by atoms with E-state index in [4.69, 9.17) is 0 Å². The largest absolute Gasteiger partial charge is 0.350 e. The maximum Gasteiger partial charge on any atom is 0.330 e. The van der Waals surface area contributed by atoms with Crippen LogP contribution >= 0.6 is 0 Å². The van der Waals surface area contributed by atoms with Crippen LogP contribution in [0, 0.1) is 0 Å². The second-order valence-corrected chi connectivity index (χ2v) is 1.92. The van der Waals surface area contributed by atoms with Gasteiger partial charge in [-0.3, -0.25) is 15.0 Å². The first kappa shape index (κ1) is 9.41. The van der Waals surface area contributed by atoms with Gasteiger partial charge in [0.15, 0.2) is 0 Å². The zero-order valence-corrected chi connectivity index (χ0v) is 6.01. The molecule has 0 aliphatic carbocycles. The van der Waals surface area contributed by atoms with Crippen molar-refractivity contribution in [1.82, 2.24) is 10.9 Å². The first-order valence-corrected chi connectivity index (χ1v) is 2.86. The third kappa shape index (κ3) is 6.29. The van der Waals surface area contributed by atoms with Gasteiger partial charge < -0.3 is 5.73 Å². The van der Waals surface area contributed by atoms with Crippen LogP contribution in [-0.4, -0.2) is 17.7 Å². The third-order valence-corrected chi connectivity index (χ3v) is 0.735. The molecule has 0 fully saturated rings. The fourth-order valence-electron chi connectivity index (χ4n) is 0.402. The molecular weight excluding hydrogens is 150 g/mol. The zero-order valence-electron chi connectivity index (χ0n) is 6.01. The molecule has 0 aromatic carbocycles. The van der Waals surface area contributed by atoms with Crippen LogP contribution < -0.4 is 16.6 Å². The first-order chi connectivity index (χ1) is 5.02. The number of primary amides is 1. The quantitative estimate of drug-likeness (QED) is 0.343. The number of carbonyl (C=O) groups excluding carboxylic acids is 3. The van der Waals surface area contributed by atoms with Crippen LogP contribution in [0.1, 0.15) is 13.3 Å². The van der Waals surface area contributed by atoms with Crippen molar-refractivity contribution in [1.29, 1.82) is 0 Å². The van der Waals surface area contributed by atoms with E-state index in [2.05, 4.69) is 5.73 Å². The van der Waals surface area contributed by atoms with E-state index in [-0.39, 0.29) is 12.2 Å². The number of Topliss-reactive ketones (excluding diaryl/α,β-unsaturated/α-hetero) is 1. The van der Waals surface area contributed by atoms with E-state index in [1.54, 1.807) is 0 Å². The van der Waals surface area contributed by atoms with Crippen molar-refractivity contribution in [2.75, 3.05) is 0 Å². The van der Waals surface area contributed by atoms with E-state index in [0.717, 1.165) is 0 Å². The minimum atomic E-state index is -0.873. The molecule has 0 aromatic heterocycles. The number of carbonyl (C=O) groups is 3. The number of nitrogens with two attached hydrogens (primary N) is 1. The zero-order chi connectivity index (χ0) is 8.85. The normalized spacial score (nSPS) is 8.45. The number of nitrogens with one attached hydrogen (secondary N) is 2. The Morgan fingerprint density at radius 2 is 1.82 bits per heavy atom. The molecule has 6 heteroatoms. The Bertz CT molecular complexity index is 189. The fourth-order valence-corrected chi connectivity index (χ4v) is 0.402. The van der Waals surface area contributed by atoms with E-state index in [1.807, 2.05) is 10.9 Å². The van der Waals surface area contributed by atoms with Crippen molar-refractivity contribution in [2.24, 2.45) is 5.73 Å². The molecule has 0 saturated carbocycles. The van der Waals surface area contributed by atoms with Gasteiger partial charge in [0.05, 0.1) is 6.42 Å². The number of ketones is 1. The van der Waals surface area contributed by atoms with Gasteiger partial charge >= 0.3 is 6.03 Å². The number of amides is 3. The maximum absolute atomic E-state index is 10.6. The van der Waals surface area contributed by atoms with Crippen molar-refractivity contribution in [3.63, 3.8) is 0 Å². The van der Waals surface area contributed by atoms with Gasteiger partial charge in [-0.05, 0) is 6.92 Å². The summed E-state index contributed by atoms with van der Waals surface area (Å²) in [4.78, 5) is 30.9. The van der Waals surface area contributed by atoms with Gasteiger partial charge in [-0.1, -0.05) is 0 Å². The van der Waals surface area contributed by atoms with Gasteiger partial charge in [-0.25, -0.2) is 10.2 Å². The summed E-state index contributed by atoms with van der Waals surface area (Å²) >= 11 is 0. The summed E-state index contributed by atoms with van der Waals surface area (Å²) in [5, 5.41) is 0. The highest BCUT2D eigenvalue weighted by Gasteiger charge is 2.03. The molecular formula is C5H9N3O3. The predicted octanol–water partition coefficient (Wildman–Crippen LogP) is -1.33. The van der Waals surface area contributed by atoms with Gasteiger partial charge in [0, 0.05) is 0 Å². The summed E-state index contributed by atoms with van der Waals surface area (Å²) in [6.45, 7) is 1.27. The van der Waals surface area contributed by atoms with Crippen LogP contribution in [0.2, 0.25) is 0 Å². The average Bonchev–Trinajstić information content (AvgIpc) is 1.82. The first-order valence-electron chi connectivity index (χ1n) is 2.86. The Balaban J connectivity index is 3.53. The van der Waals surface area contributed by atoms with Crippen molar-refractivity contribution in [2.45, 2.75) is 13.3 Å². The smallest absolute Gasteiger partial charge is 0.330 e. The monoisotopic (exact) mass is 159 g/mol. The van der Waals surface area contributed by atoms with Gasteiger partial charge in [0.1, 0.15) is 5.78 Å². The molecule has 3 amide bonds. The predicted molar refractivity (Wildman–Crippen MR) is 36.2 cm³/mol.